The van der Waals surface area contributed by atoms with Gasteiger partial charge in [-0.25, -0.2) is 4.98 Å². The van der Waals surface area contributed by atoms with Gasteiger partial charge < -0.3 is 13.9 Å². The van der Waals surface area contributed by atoms with E-state index in [1.54, 1.807) is 30.3 Å². The number of carbonyl (C=O) groups excluding carboxylic acids is 1. The molecule has 0 aliphatic rings. The minimum absolute atomic E-state index is 0.0633. The fourth-order valence-corrected chi connectivity index (χ4v) is 2.26. The lowest BCUT2D eigenvalue weighted by Gasteiger charge is -2.08. The summed E-state index contributed by atoms with van der Waals surface area (Å²) in [6.45, 7) is 0. The van der Waals surface area contributed by atoms with Crippen LogP contribution in [0.2, 0.25) is 0 Å². The minimum Gasteiger partial charge on any atom is -0.495 e. The summed E-state index contributed by atoms with van der Waals surface area (Å²) in [5.41, 5.74) is 0.789. The van der Waals surface area contributed by atoms with Crippen molar-refractivity contribution in [3.8, 4) is 5.75 Å². The molecular formula is C16H13NO5. The summed E-state index contributed by atoms with van der Waals surface area (Å²) in [6, 6.07) is 8.47. The van der Waals surface area contributed by atoms with Gasteiger partial charge in [-0.05, 0) is 18.2 Å². The Morgan fingerprint density at radius 1 is 1.23 bits per heavy atom. The lowest BCUT2D eigenvalue weighted by Crippen LogP contribution is -2.10. The van der Waals surface area contributed by atoms with Crippen molar-refractivity contribution in [3.05, 3.63) is 46.2 Å². The van der Waals surface area contributed by atoms with Crippen molar-refractivity contribution in [2.24, 2.45) is 0 Å². The van der Waals surface area contributed by atoms with Gasteiger partial charge in [0.2, 0.25) is 11.1 Å². The third-order valence-corrected chi connectivity index (χ3v) is 3.37. The molecule has 0 aliphatic heterocycles. The fourth-order valence-electron chi connectivity index (χ4n) is 2.26. The number of esters is 1. The molecule has 0 saturated carbocycles. The normalized spacial score (nSPS) is 10.8. The molecule has 22 heavy (non-hydrogen) atoms. The Kier molecular flexibility index (Phi) is 3.50. The molecule has 3 aromatic rings. The van der Waals surface area contributed by atoms with E-state index >= 15 is 0 Å². The average molecular weight is 299 g/mol. The molecule has 0 amide bonds. The SMILES string of the molecule is COC(=O)Cc1nc2oc3ccccc3c(=O)c2cc1OC. The average Bonchev–Trinajstić information content (AvgIpc) is 2.54. The highest BCUT2D eigenvalue weighted by Gasteiger charge is 2.16. The largest absolute Gasteiger partial charge is 0.495 e. The van der Waals surface area contributed by atoms with E-state index < -0.39 is 5.97 Å². The number of aromatic nitrogens is 1. The zero-order valence-corrected chi connectivity index (χ0v) is 12.1. The molecule has 112 valence electrons. The van der Waals surface area contributed by atoms with Crippen molar-refractivity contribution < 1.29 is 18.7 Å². The number of hydrogen-bond acceptors (Lipinski definition) is 6. The lowest BCUT2D eigenvalue weighted by molar-refractivity contribution is -0.139. The number of rotatable bonds is 3. The van der Waals surface area contributed by atoms with Crippen molar-refractivity contribution in [1.82, 2.24) is 4.98 Å². The summed E-state index contributed by atoms with van der Waals surface area (Å²) in [5.74, 6) is -0.103. The van der Waals surface area contributed by atoms with E-state index in [2.05, 4.69) is 9.72 Å². The molecule has 0 N–H and O–H groups in total. The number of pyridine rings is 1. The molecule has 2 aromatic heterocycles. The van der Waals surface area contributed by atoms with Gasteiger partial charge in [-0.1, -0.05) is 12.1 Å². The van der Waals surface area contributed by atoms with Crippen LogP contribution in [0.1, 0.15) is 5.69 Å². The number of ether oxygens (including phenoxy) is 2. The molecule has 0 fully saturated rings. The van der Waals surface area contributed by atoms with Crippen LogP contribution in [-0.2, 0) is 16.0 Å². The second kappa shape index (κ2) is 5.48. The maximum Gasteiger partial charge on any atom is 0.311 e. The van der Waals surface area contributed by atoms with Crippen LogP contribution in [0.4, 0.5) is 0 Å². The maximum absolute atomic E-state index is 12.5. The van der Waals surface area contributed by atoms with Gasteiger partial charge >= 0.3 is 5.97 Å². The first kappa shape index (κ1) is 14.1. The Morgan fingerprint density at radius 2 is 2.00 bits per heavy atom. The highest BCUT2D eigenvalue weighted by molar-refractivity contribution is 5.89. The van der Waals surface area contributed by atoms with Gasteiger partial charge in [-0.15, -0.1) is 0 Å². The van der Waals surface area contributed by atoms with E-state index in [4.69, 9.17) is 9.15 Å². The Balaban J connectivity index is 2.30. The monoisotopic (exact) mass is 299 g/mol. The molecule has 6 nitrogen and oxygen atoms in total. The quantitative estimate of drug-likeness (QED) is 0.544. The summed E-state index contributed by atoms with van der Waals surface area (Å²) in [7, 11) is 2.75. The smallest absolute Gasteiger partial charge is 0.311 e. The Labute approximate surface area is 125 Å². The van der Waals surface area contributed by atoms with Gasteiger partial charge in [0, 0.05) is 0 Å². The molecule has 0 radical (unpaired) electrons. The third kappa shape index (κ3) is 2.28. The Bertz CT molecular complexity index is 929. The molecule has 0 saturated heterocycles. The molecule has 0 unspecified atom stereocenters. The Morgan fingerprint density at radius 3 is 2.73 bits per heavy atom. The number of methoxy groups -OCH3 is 2. The summed E-state index contributed by atoms with van der Waals surface area (Å²) in [6.07, 6.45) is -0.0633. The van der Waals surface area contributed by atoms with E-state index in [9.17, 15) is 9.59 Å². The van der Waals surface area contributed by atoms with Crippen LogP contribution in [0.5, 0.6) is 5.75 Å². The standard InChI is InChI=1S/C16H13NO5/c1-20-13-7-10-15(19)9-5-3-4-6-12(9)22-16(10)17-11(13)8-14(18)21-2/h3-7H,8H2,1-2H3. The summed E-state index contributed by atoms with van der Waals surface area (Å²) in [5, 5.41) is 0.781. The van der Waals surface area contributed by atoms with Gasteiger partial charge in [0.05, 0.1) is 37.1 Å². The van der Waals surface area contributed by atoms with Crippen LogP contribution in [0.25, 0.3) is 22.1 Å². The molecule has 0 bridgehead atoms. The van der Waals surface area contributed by atoms with E-state index in [1.165, 1.54) is 14.2 Å². The zero-order chi connectivity index (χ0) is 15.7. The molecule has 3 rings (SSSR count). The highest BCUT2D eigenvalue weighted by Crippen LogP contribution is 2.24. The fraction of sp³-hybridized carbons (Fsp3) is 0.188. The van der Waals surface area contributed by atoms with Gasteiger partial charge in [-0.3, -0.25) is 9.59 Å². The van der Waals surface area contributed by atoms with E-state index in [0.717, 1.165) is 0 Å². The first-order valence-corrected chi connectivity index (χ1v) is 6.60. The molecule has 0 aliphatic carbocycles. The predicted octanol–water partition coefficient (Wildman–Crippen LogP) is 2.07. The number of para-hydroxylation sites is 1. The number of fused-ring (bicyclic) bond motifs is 2. The van der Waals surface area contributed by atoms with Gasteiger partial charge in [0.25, 0.3) is 0 Å². The summed E-state index contributed by atoms with van der Waals surface area (Å²) >= 11 is 0. The van der Waals surface area contributed by atoms with Crippen molar-refractivity contribution in [1.29, 1.82) is 0 Å². The van der Waals surface area contributed by atoms with Crippen LogP contribution >= 0.6 is 0 Å². The van der Waals surface area contributed by atoms with Crippen LogP contribution in [-0.4, -0.2) is 25.2 Å². The van der Waals surface area contributed by atoms with Gasteiger partial charge in [0.1, 0.15) is 11.3 Å². The number of hydrogen-bond donors (Lipinski definition) is 0. The van der Waals surface area contributed by atoms with Crippen LogP contribution in [0.15, 0.2) is 39.5 Å². The third-order valence-electron chi connectivity index (χ3n) is 3.37. The first-order chi connectivity index (χ1) is 10.6. The molecule has 0 spiro atoms. The number of nitrogens with zero attached hydrogens (tertiary/aromatic N) is 1. The molecule has 1 aromatic carbocycles. The van der Waals surface area contributed by atoms with E-state index in [1.807, 2.05) is 0 Å². The second-order valence-electron chi connectivity index (χ2n) is 4.67. The van der Waals surface area contributed by atoms with Crippen molar-refractivity contribution in [2.75, 3.05) is 14.2 Å². The predicted molar refractivity (Wildman–Crippen MR) is 80.1 cm³/mol. The van der Waals surface area contributed by atoms with Gasteiger partial charge in [0.15, 0.2) is 0 Å². The highest BCUT2D eigenvalue weighted by atomic mass is 16.5. The molecular weight excluding hydrogens is 286 g/mol. The van der Waals surface area contributed by atoms with Gasteiger partial charge in [-0.2, -0.15) is 0 Å². The maximum atomic E-state index is 12.5. The zero-order valence-electron chi connectivity index (χ0n) is 12.1. The van der Waals surface area contributed by atoms with Crippen LogP contribution < -0.4 is 10.2 Å². The van der Waals surface area contributed by atoms with E-state index in [-0.39, 0.29) is 17.6 Å². The topological polar surface area (TPSA) is 78.6 Å². The summed E-state index contributed by atoms with van der Waals surface area (Å²) < 4.78 is 15.5. The lowest BCUT2D eigenvalue weighted by atomic mass is 10.1. The number of benzene rings is 1. The number of carbonyl (C=O) groups is 1. The summed E-state index contributed by atoms with van der Waals surface area (Å²) in [4.78, 5) is 28.2. The minimum atomic E-state index is -0.451. The van der Waals surface area contributed by atoms with Crippen LogP contribution in [0, 0.1) is 0 Å². The Hall–Kier alpha value is -2.89. The van der Waals surface area contributed by atoms with Crippen molar-refractivity contribution >= 4 is 28.0 Å². The van der Waals surface area contributed by atoms with Crippen molar-refractivity contribution in [2.45, 2.75) is 6.42 Å². The molecule has 6 heteroatoms. The van der Waals surface area contributed by atoms with Crippen molar-refractivity contribution in [3.63, 3.8) is 0 Å². The molecule has 0 atom stereocenters. The van der Waals surface area contributed by atoms with Crippen LogP contribution in [0.3, 0.4) is 0 Å². The van der Waals surface area contributed by atoms with E-state index in [0.29, 0.717) is 27.8 Å². The second-order valence-corrected chi connectivity index (χ2v) is 4.67. The first-order valence-electron chi connectivity index (χ1n) is 6.60. The molecule has 2 heterocycles.